The summed E-state index contributed by atoms with van der Waals surface area (Å²) in [4.78, 5) is 32.2. The number of non-ortho nitro benzene ring substituents is 1. The third-order valence-corrected chi connectivity index (χ3v) is 3.06. The highest BCUT2D eigenvalue weighted by molar-refractivity contribution is 5.89. The van der Waals surface area contributed by atoms with Crippen molar-refractivity contribution in [1.82, 2.24) is 5.32 Å². The number of carboxylic acid groups (broad SMARTS) is 1. The molecule has 1 fully saturated rings. The molecule has 100 valence electrons. The normalized spacial score (nSPS) is 20.6. The SMILES string of the molecule is O=C(O)[C@H]1C[C@H]1C(=O)NCc1ccc([N+](=O)[O-])cc1. The molecule has 0 aliphatic heterocycles. The lowest BCUT2D eigenvalue weighted by Gasteiger charge is -2.04. The summed E-state index contributed by atoms with van der Waals surface area (Å²) < 4.78 is 0. The standard InChI is InChI=1S/C12H12N2O5/c15-11(9-5-10(9)12(16)17)13-6-7-1-3-8(4-2-7)14(18)19/h1-4,9-10H,5-6H2,(H,13,15)(H,16,17)/t9-,10+/m1/s1. The number of nitrogens with one attached hydrogen (secondary N) is 1. The number of nitro groups is 1. The highest BCUT2D eigenvalue weighted by Gasteiger charge is 2.48. The van der Waals surface area contributed by atoms with Gasteiger partial charge in [0.05, 0.1) is 16.8 Å². The van der Waals surface area contributed by atoms with E-state index in [0.717, 1.165) is 5.56 Å². The number of aliphatic carboxylic acids is 1. The molecule has 19 heavy (non-hydrogen) atoms. The van der Waals surface area contributed by atoms with Crippen molar-refractivity contribution in [1.29, 1.82) is 0 Å². The Hall–Kier alpha value is -2.44. The van der Waals surface area contributed by atoms with E-state index >= 15 is 0 Å². The molecule has 1 aliphatic rings. The molecule has 1 aromatic rings. The van der Waals surface area contributed by atoms with E-state index in [4.69, 9.17) is 5.11 Å². The number of carbonyl (C=O) groups excluding carboxylic acids is 1. The Morgan fingerprint density at radius 3 is 2.42 bits per heavy atom. The predicted molar refractivity (Wildman–Crippen MR) is 64.2 cm³/mol. The molecule has 0 aromatic heterocycles. The molecule has 1 amide bonds. The summed E-state index contributed by atoms with van der Waals surface area (Å²) in [6.07, 6.45) is 0.376. The smallest absolute Gasteiger partial charge is 0.307 e. The lowest BCUT2D eigenvalue weighted by atomic mass is 10.2. The van der Waals surface area contributed by atoms with Crippen LogP contribution >= 0.6 is 0 Å². The predicted octanol–water partition coefficient (Wildman–Crippen LogP) is 0.932. The van der Waals surface area contributed by atoms with Crippen LogP contribution in [-0.2, 0) is 16.1 Å². The fraction of sp³-hybridized carbons (Fsp3) is 0.333. The number of carboxylic acids is 1. The summed E-state index contributed by atoms with van der Waals surface area (Å²) in [5, 5.41) is 21.8. The van der Waals surface area contributed by atoms with Gasteiger partial charge >= 0.3 is 5.97 Å². The van der Waals surface area contributed by atoms with Crippen LogP contribution in [-0.4, -0.2) is 21.9 Å². The molecule has 7 heteroatoms. The molecule has 2 atom stereocenters. The molecule has 7 nitrogen and oxygen atoms in total. The van der Waals surface area contributed by atoms with Crippen molar-refractivity contribution in [2.24, 2.45) is 11.8 Å². The Balaban J connectivity index is 1.84. The van der Waals surface area contributed by atoms with Crippen molar-refractivity contribution < 1.29 is 19.6 Å². The van der Waals surface area contributed by atoms with Gasteiger partial charge in [-0.3, -0.25) is 19.7 Å². The summed E-state index contributed by atoms with van der Waals surface area (Å²) in [6, 6.07) is 5.83. The topological polar surface area (TPSA) is 110 Å². The lowest BCUT2D eigenvalue weighted by molar-refractivity contribution is -0.384. The summed E-state index contributed by atoms with van der Waals surface area (Å²) in [5.41, 5.74) is 0.717. The van der Waals surface area contributed by atoms with Gasteiger partial charge in [-0.15, -0.1) is 0 Å². The van der Waals surface area contributed by atoms with Crippen LogP contribution in [0.25, 0.3) is 0 Å². The Morgan fingerprint density at radius 2 is 1.95 bits per heavy atom. The molecular weight excluding hydrogens is 252 g/mol. The van der Waals surface area contributed by atoms with Crippen LogP contribution in [0.15, 0.2) is 24.3 Å². The van der Waals surface area contributed by atoms with Gasteiger partial charge in [-0.2, -0.15) is 0 Å². The first-order chi connectivity index (χ1) is 8.99. The fourth-order valence-corrected chi connectivity index (χ4v) is 1.81. The Morgan fingerprint density at radius 1 is 1.32 bits per heavy atom. The maximum Gasteiger partial charge on any atom is 0.307 e. The number of hydrogen-bond acceptors (Lipinski definition) is 4. The first-order valence-electron chi connectivity index (χ1n) is 5.73. The van der Waals surface area contributed by atoms with Crippen molar-refractivity contribution in [2.75, 3.05) is 0 Å². The third-order valence-electron chi connectivity index (χ3n) is 3.06. The first-order valence-corrected chi connectivity index (χ1v) is 5.73. The van der Waals surface area contributed by atoms with Gasteiger partial charge in [0.1, 0.15) is 0 Å². The average Bonchev–Trinajstić information content (AvgIpc) is 3.16. The van der Waals surface area contributed by atoms with Gasteiger partial charge in [-0.25, -0.2) is 0 Å². The zero-order valence-corrected chi connectivity index (χ0v) is 9.91. The lowest BCUT2D eigenvalue weighted by Crippen LogP contribution is -2.25. The molecule has 0 bridgehead atoms. The number of nitrogens with zero attached hydrogens (tertiary/aromatic N) is 1. The van der Waals surface area contributed by atoms with E-state index in [1.807, 2.05) is 0 Å². The number of hydrogen-bond donors (Lipinski definition) is 2. The van der Waals surface area contributed by atoms with Gasteiger partial charge in [0, 0.05) is 18.7 Å². The second kappa shape index (κ2) is 5.05. The van der Waals surface area contributed by atoms with Crippen LogP contribution < -0.4 is 5.32 Å². The van der Waals surface area contributed by atoms with Crippen LogP contribution in [0.5, 0.6) is 0 Å². The molecular formula is C12H12N2O5. The zero-order chi connectivity index (χ0) is 14.0. The summed E-state index contributed by atoms with van der Waals surface area (Å²) in [6.45, 7) is 0.236. The number of benzene rings is 1. The number of rotatable bonds is 5. The molecule has 1 aliphatic carbocycles. The van der Waals surface area contributed by atoms with E-state index < -0.39 is 22.7 Å². The molecule has 0 unspecified atom stereocenters. The second-order valence-electron chi connectivity index (χ2n) is 4.43. The minimum absolute atomic E-state index is 0.0109. The van der Waals surface area contributed by atoms with E-state index in [9.17, 15) is 19.7 Å². The summed E-state index contributed by atoms with van der Waals surface area (Å²) >= 11 is 0. The second-order valence-corrected chi connectivity index (χ2v) is 4.43. The fourth-order valence-electron chi connectivity index (χ4n) is 1.81. The van der Waals surface area contributed by atoms with Crippen molar-refractivity contribution in [3.05, 3.63) is 39.9 Å². The minimum atomic E-state index is -0.949. The number of nitro benzene ring substituents is 1. The van der Waals surface area contributed by atoms with Gasteiger partial charge in [-0.05, 0) is 12.0 Å². The third kappa shape index (κ3) is 3.06. The monoisotopic (exact) mass is 264 g/mol. The molecule has 2 rings (SSSR count). The van der Waals surface area contributed by atoms with Crippen LogP contribution in [0, 0.1) is 22.0 Å². The molecule has 2 N–H and O–H groups in total. The quantitative estimate of drug-likeness (QED) is 0.607. The van der Waals surface area contributed by atoms with Gasteiger partial charge in [0.2, 0.25) is 5.91 Å². The minimum Gasteiger partial charge on any atom is -0.481 e. The highest BCUT2D eigenvalue weighted by Crippen LogP contribution is 2.38. The highest BCUT2D eigenvalue weighted by atomic mass is 16.6. The summed E-state index contributed by atoms with van der Waals surface area (Å²) in [5.74, 6) is -2.26. The van der Waals surface area contributed by atoms with Crippen LogP contribution in [0.4, 0.5) is 5.69 Å². The van der Waals surface area contributed by atoms with E-state index in [0.29, 0.717) is 6.42 Å². The molecule has 1 aromatic carbocycles. The zero-order valence-electron chi connectivity index (χ0n) is 9.91. The van der Waals surface area contributed by atoms with E-state index in [-0.39, 0.29) is 18.1 Å². The van der Waals surface area contributed by atoms with E-state index in [1.54, 1.807) is 12.1 Å². The van der Waals surface area contributed by atoms with Crippen molar-refractivity contribution in [3.8, 4) is 0 Å². The first kappa shape index (κ1) is 13.0. The number of amides is 1. The van der Waals surface area contributed by atoms with Crippen LogP contribution in [0.2, 0.25) is 0 Å². The van der Waals surface area contributed by atoms with Crippen molar-refractivity contribution >= 4 is 17.6 Å². The van der Waals surface area contributed by atoms with E-state index in [1.165, 1.54) is 12.1 Å². The molecule has 0 saturated heterocycles. The number of carbonyl (C=O) groups is 2. The average molecular weight is 264 g/mol. The largest absolute Gasteiger partial charge is 0.481 e. The molecule has 1 saturated carbocycles. The van der Waals surface area contributed by atoms with E-state index in [2.05, 4.69) is 5.32 Å². The Kier molecular flexibility index (Phi) is 3.46. The van der Waals surface area contributed by atoms with Gasteiger partial charge in [0.15, 0.2) is 0 Å². The van der Waals surface area contributed by atoms with Gasteiger partial charge in [0.25, 0.3) is 5.69 Å². The maximum absolute atomic E-state index is 11.6. The molecule has 0 radical (unpaired) electrons. The summed E-state index contributed by atoms with van der Waals surface area (Å²) in [7, 11) is 0. The maximum atomic E-state index is 11.6. The van der Waals surface area contributed by atoms with Crippen LogP contribution in [0.1, 0.15) is 12.0 Å². The molecule has 0 heterocycles. The van der Waals surface area contributed by atoms with Gasteiger partial charge in [-0.1, -0.05) is 12.1 Å². The van der Waals surface area contributed by atoms with Crippen LogP contribution in [0.3, 0.4) is 0 Å². The molecule has 0 spiro atoms. The van der Waals surface area contributed by atoms with Crippen molar-refractivity contribution in [3.63, 3.8) is 0 Å². The Labute approximate surface area is 108 Å². The Bertz CT molecular complexity index is 525. The van der Waals surface area contributed by atoms with Crippen molar-refractivity contribution in [2.45, 2.75) is 13.0 Å². The van der Waals surface area contributed by atoms with Gasteiger partial charge < -0.3 is 10.4 Å².